The van der Waals surface area contributed by atoms with Gasteiger partial charge >= 0.3 is 11.9 Å². The van der Waals surface area contributed by atoms with Gasteiger partial charge in [-0.15, -0.1) is 0 Å². The van der Waals surface area contributed by atoms with Gasteiger partial charge in [-0.3, -0.25) is 10.1 Å². The summed E-state index contributed by atoms with van der Waals surface area (Å²) in [5, 5.41) is 29.7. The lowest BCUT2D eigenvalue weighted by molar-refractivity contribution is -0.384. The molecule has 2 aromatic carbocycles. The van der Waals surface area contributed by atoms with Crippen molar-refractivity contribution < 1.29 is 38.9 Å². The smallest absolute Gasteiger partial charge is 0.328 e. The normalized spacial score (nSPS) is 14.8. The SMILES string of the molecule is COc1cc2c(cc1OC)C(Oc1ccc([N+](=O)[O-])cc1)CNCC2.O=C(O)/C=C\C(=O)O. The van der Waals surface area contributed by atoms with Crippen LogP contribution in [0, 0.1) is 10.1 Å². The van der Waals surface area contributed by atoms with E-state index in [-0.39, 0.29) is 11.8 Å². The molecule has 1 aliphatic heterocycles. The summed E-state index contributed by atoms with van der Waals surface area (Å²) in [7, 11) is 3.22. The number of hydrogen-bond acceptors (Lipinski definition) is 8. The minimum Gasteiger partial charge on any atom is -0.493 e. The molecule has 0 saturated carbocycles. The van der Waals surface area contributed by atoms with Gasteiger partial charge in [0, 0.05) is 36.4 Å². The number of carboxylic acid groups (broad SMARTS) is 2. The largest absolute Gasteiger partial charge is 0.493 e. The molecular formula is C22H24N2O9. The molecule has 1 aliphatic rings. The highest BCUT2D eigenvalue weighted by Gasteiger charge is 2.23. The highest BCUT2D eigenvalue weighted by atomic mass is 16.6. The molecule has 33 heavy (non-hydrogen) atoms. The molecule has 0 spiro atoms. The highest BCUT2D eigenvalue weighted by molar-refractivity contribution is 5.89. The Morgan fingerprint density at radius 3 is 2.15 bits per heavy atom. The molecule has 3 N–H and O–H groups in total. The van der Waals surface area contributed by atoms with Crippen molar-refractivity contribution in [2.75, 3.05) is 27.3 Å². The summed E-state index contributed by atoms with van der Waals surface area (Å²) in [6, 6.07) is 10.0. The lowest BCUT2D eigenvalue weighted by Crippen LogP contribution is -2.23. The van der Waals surface area contributed by atoms with Gasteiger partial charge in [-0.05, 0) is 42.8 Å². The molecule has 3 rings (SSSR count). The van der Waals surface area contributed by atoms with Gasteiger partial charge in [-0.25, -0.2) is 9.59 Å². The third-order valence-electron chi connectivity index (χ3n) is 4.59. The van der Waals surface area contributed by atoms with Crippen molar-refractivity contribution in [1.29, 1.82) is 0 Å². The summed E-state index contributed by atoms with van der Waals surface area (Å²) >= 11 is 0. The maximum absolute atomic E-state index is 10.8. The van der Waals surface area contributed by atoms with E-state index in [1.54, 1.807) is 26.4 Å². The fourth-order valence-electron chi connectivity index (χ4n) is 3.08. The summed E-state index contributed by atoms with van der Waals surface area (Å²) in [6.07, 6.45) is 1.75. The van der Waals surface area contributed by atoms with E-state index >= 15 is 0 Å². The summed E-state index contributed by atoms with van der Waals surface area (Å²) in [4.78, 5) is 29.5. The number of methoxy groups -OCH3 is 2. The fourth-order valence-corrected chi connectivity index (χ4v) is 3.08. The number of fused-ring (bicyclic) bond motifs is 1. The second kappa shape index (κ2) is 12.1. The summed E-state index contributed by atoms with van der Waals surface area (Å²) in [5.41, 5.74) is 2.20. The van der Waals surface area contributed by atoms with Crippen molar-refractivity contribution in [2.24, 2.45) is 0 Å². The number of aliphatic carboxylic acids is 2. The molecule has 0 amide bonds. The van der Waals surface area contributed by atoms with Gasteiger partial charge in [0.15, 0.2) is 11.5 Å². The van der Waals surface area contributed by atoms with Crippen LogP contribution in [0.1, 0.15) is 17.2 Å². The van der Waals surface area contributed by atoms with Crippen molar-refractivity contribution >= 4 is 17.6 Å². The molecule has 176 valence electrons. The molecule has 11 heteroatoms. The maximum Gasteiger partial charge on any atom is 0.328 e. The van der Waals surface area contributed by atoms with Crippen LogP contribution in [0.4, 0.5) is 5.69 Å². The Kier molecular flexibility index (Phi) is 9.18. The Morgan fingerprint density at radius 2 is 1.64 bits per heavy atom. The number of nitrogens with zero attached hydrogens (tertiary/aromatic N) is 1. The van der Waals surface area contributed by atoms with E-state index in [2.05, 4.69) is 5.32 Å². The number of carbonyl (C=O) groups is 2. The monoisotopic (exact) mass is 460 g/mol. The van der Waals surface area contributed by atoms with Gasteiger partial charge in [-0.1, -0.05) is 0 Å². The molecular weight excluding hydrogens is 436 g/mol. The lowest BCUT2D eigenvalue weighted by atomic mass is 10.00. The number of nitrogens with one attached hydrogen (secondary N) is 1. The van der Waals surface area contributed by atoms with E-state index in [1.807, 2.05) is 12.1 Å². The van der Waals surface area contributed by atoms with Gasteiger partial charge < -0.3 is 29.7 Å². The second-order valence-corrected chi connectivity index (χ2v) is 6.73. The van der Waals surface area contributed by atoms with E-state index in [9.17, 15) is 19.7 Å². The van der Waals surface area contributed by atoms with Crippen LogP contribution in [0.2, 0.25) is 0 Å². The number of nitro groups is 1. The molecule has 0 aromatic heterocycles. The minimum absolute atomic E-state index is 0.0400. The van der Waals surface area contributed by atoms with E-state index in [0.29, 0.717) is 35.9 Å². The Balaban J connectivity index is 0.000000414. The van der Waals surface area contributed by atoms with Crippen LogP contribution >= 0.6 is 0 Å². The summed E-state index contributed by atoms with van der Waals surface area (Å²) in [6.45, 7) is 1.47. The number of hydrogen-bond donors (Lipinski definition) is 3. The number of nitro benzene ring substituents is 1. The average Bonchev–Trinajstić information content (AvgIpc) is 2.99. The maximum atomic E-state index is 10.8. The van der Waals surface area contributed by atoms with Crippen LogP contribution < -0.4 is 19.5 Å². The van der Waals surface area contributed by atoms with Gasteiger partial charge in [0.2, 0.25) is 0 Å². The minimum atomic E-state index is -1.26. The van der Waals surface area contributed by atoms with E-state index in [0.717, 1.165) is 24.1 Å². The summed E-state index contributed by atoms with van der Waals surface area (Å²) < 4.78 is 16.9. The first-order chi connectivity index (χ1) is 15.7. The van der Waals surface area contributed by atoms with Crippen molar-refractivity contribution in [1.82, 2.24) is 5.32 Å². The Bertz CT molecular complexity index is 1000. The van der Waals surface area contributed by atoms with Gasteiger partial charge in [0.1, 0.15) is 11.9 Å². The van der Waals surface area contributed by atoms with Crippen molar-refractivity contribution in [2.45, 2.75) is 12.5 Å². The number of rotatable bonds is 7. The third kappa shape index (κ3) is 7.51. The van der Waals surface area contributed by atoms with Crippen LogP contribution in [-0.4, -0.2) is 54.4 Å². The molecule has 1 atom stereocenters. The molecule has 0 bridgehead atoms. The third-order valence-corrected chi connectivity index (χ3v) is 4.59. The molecule has 0 saturated heterocycles. The van der Waals surface area contributed by atoms with Crippen LogP contribution in [0.25, 0.3) is 0 Å². The molecule has 1 unspecified atom stereocenters. The molecule has 1 heterocycles. The highest BCUT2D eigenvalue weighted by Crippen LogP contribution is 2.36. The predicted octanol–water partition coefficient (Wildman–Crippen LogP) is 2.59. The van der Waals surface area contributed by atoms with Crippen molar-refractivity contribution in [3.63, 3.8) is 0 Å². The van der Waals surface area contributed by atoms with Crippen molar-refractivity contribution in [3.05, 3.63) is 69.8 Å². The first-order valence-electron chi connectivity index (χ1n) is 9.75. The van der Waals surface area contributed by atoms with Gasteiger partial charge in [0.25, 0.3) is 5.69 Å². The van der Waals surface area contributed by atoms with E-state index in [4.69, 9.17) is 24.4 Å². The first-order valence-corrected chi connectivity index (χ1v) is 9.75. The van der Waals surface area contributed by atoms with Crippen LogP contribution in [-0.2, 0) is 16.0 Å². The molecule has 11 nitrogen and oxygen atoms in total. The number of carboxylic acids is 2. The Hall–Kier alpha value is -4.12. The molecule has 0 fully saturated rings. The van der Waals surface area contributed by atoms with Gasteiger partial charge in [-0.2, -0.15) is 0 Å². The average molecular weight is 460 g/mol. The van der Waals surface area contributed by atoms with E-state index < -0.39 is 16.9 Å². The van der Waals surface area contributed by atoms with E-state index in [1.165, 1.54) is 12.1 Å². The zero-order valence-electron chi connectivity index (χ0n) is 18.0. The number of benzene rings is 2. The predicted molar refractivity (Wildman–Crippen MR) is 117 cm³/mol. The Labute approximate surface area is 189 Å². The molecule has 0 aliphatic carbocycles. The van der Waals surface area contributed by atoms with Crippen molar-refractivity contribution in [3.8, 4) is 17.2 Å². The standard InChI is InChI=1S/C18H20N2O5.C4H4O4/c1-23-16-9-12-7-8-19-11-18(15(12)10-17(16)24-2)25-14-5-3-13(4-6-14)20(21)22;5-3(6)1-2-4(7)8/h3-6,9-10,18-19H,7-8,11H2,1-2H3;1-2H,(H,5,6)(H,7,8)/b;2-1-. The quantitative estimate of drug-likeness (QED) is 0.319. The number of non-ortho nitro benzene ring substituents is 1. The fraction of sp³-hybridized carbons (Fsp3) is 0.273. The lowest BCUT2D eigenvalue weighted by Gasteiger charge is -2.21. The molecule has 0 radical (unpaired) electrons. The second-order valence-electron chi connectivity index (χ2n) is 6.73. The van der Waals surface area contributed by atoms with Crippen LogP contribution in [0.5, 0.6) is 17.2 Å². The number of ether oxygens (including phenoxy) is 3. The first kappa shape index (κ1) is 25.1. The zero-order valence-corrected chi connectivity index (χ0v) is 18.0. The summed E-state index contributed by atoms with van der Waals surface area (Å²) in [5.74, 6) is -0.586. The van der Waals surface area contributed by atoms with Crippen LogP contribution in [0.15, 0.2) is 48.6 Å². The topological polar surface area (TPSA) is 157 Å². The molecule has 2 aromatic rings. The van der Waals surface area contributed by atoms with Crippen LogP contribution in [0.3, 0.4) is 0 Å². The Morgan fingerprint density at radius 1 is 1.06 bits per heavy atom. The van der Waals surface area contributed by atoms with Gasteiger partial charge in [0.05, 0.1) is 19.1 Å². The zero-order chi connectivity index (χ0) is 24.4.